The molecule has 1 N–H and O–H groups in total. The van der Waals surface area contributed by atoms with Crippen LogP contribution in [-0.2, 0) is 4.79 Å². The van der Waals surface area contributed by atoms with Gasteiger partial charge in [-0.2, -0.15) is 5.26 Å². The van der Waals surface area contributed by atoms with Crippen LogP contribution in [0.2, 0.25) is 0 Å². The van der Waals surface area contributed by atoms with E-state index in [4.69, 9.17) is 5.26 Å². The molecule has 1 atom stereocenters. The lowest BCUT2D eigenvalue weighted by Gasteiger charge is -2.40. The van der Waals surface area contributed by atoms with E-state index in [9.17, 15) is 4.79 Å². The van der Waals surface area contributed by atoms with Gasteiger partial charge in [-0.15, -0.1) is 0 Å². The molecular formula is C14H9BrN2O. The second-order valence-corrected chi connectivity index (χ2v) is 5.33. The molecular weight excluding hydrogens is 292 g/mol. The molecule has 0 aromatic rings. The Labute approximate surface area is 113 Å². The van der Waals surface area contributed by atoms with Crippen LogP contribution in [0.1, 0.15) is 6.42 Å². The minimum atomic E-state index is -0.660. The van der Waals surface area contributed by atoms with E-state index < -0.39 is 5.41 Å². The summed E-state index contributed by atoms with van der Waals surface area (Å²) in [6.07, 6.45) is 11.6. The van der Waals surface area contributed by atoms with Crippen molar-refractivity contribution in [1.29, 1.82) is 5.26 Å². The van der Waals surface area contributed by atoms with Gasteiger partial charge in [0, 0.05) is 10.7 Å². The molecule has 0 radical (unpaired) electrons. The Kier molecular flexibility index (Phi) is 2.39. The summed E-state index contributed by atoms with van der Waals surface area (Å²) in [5.74, 6) is -0.0352. The van der Waals surface area contributed by atoms with E-state index in [-0.39, 0.29) is 5.91 Å². The third-order valence-electron chi connectivity index (χ3n) is 3.50. The van der Waals surface area contributed by atoms with Crippen LogP contribution in [0.25, 0.3) is 0 Å². The molecule has 1 amide bonds. The normalized spacial score (nSPS) is 28.8. The van der Waals surface area contributed by atoms with Crippen molar-refractivity contribution in [2.75, 3.05) is 0 Å². The van der Waals surface area contributed by atoms with E-state index in [1.54, 1.807) is 18.4 Å². The van der Waals surface area contributed by atoms with Gasteiger partial charge in [-0.3, -0.25) is 4.79 Å². The Balaban J connectivity index is 2.26. The molecule has 0 bridgehead atoms. The minimum Gasteiger partial charge on any atom is -0.332 e. The summed E-state index contributed by atoms with van der Waals surface area (Å²) in [6.45, 7) is 0. The highest BCUT2D eigenvalue weighted by molar-refractivity contribution is 9.11. The molecule has 3 nitrogen and oxygen atoms in total. The zero-order valence-corrected chi connectivity index (χ0v) is 11.0. The largest absolute Gasteiger partial charge is 0.332 e. The highest BCUT2D eigenvalue weighted by atomic mass is 79.9. The van der Waals surface area contributed by atoms with E-state index in [0.717, 1.165) is 15.6 Å². The van der Waals surface area contributed by atoms with E-state index in [2.05, 4.69) is 27.3 Å². The minimum absolute atomic E-state index is 0.0352. The Morgan fingerprint density at radius 3 is 2.94 bits per heavy atom. The van der Waals surface area contributed by atoms with Crippen molar-refractivity contribution < 1.29 is 4.79 Å². The molecule has 0 saturated carbocycles. The first-order valence-electron chi connectivity index (χ1n) is 5.56. The van der Waals surface area contributed by atoms with Crippen LogP contribution in [0.5, 0.6) is 0 Å². The van der Waals surface area contributed by atoms with E-state index in [1.165, 1.54) is 0 Å². The molecule has 3 aliphatic rings. The van der Waals surface area contributed by atoms with Gasteiger partial charge >= 0.3 is 0 Å². The van der Waals surface area contributed by atoms with Crippen molar-refractivity contribution in [3.8, 4) is 6.07 Å². The second kappa shape index (κ2) is 3.82. The highest BCUT2D eigenvalue weighted by Crippen LogP contribution is 2.49. The van der Waals surface area contributed by atoms with E-state index >= 15 is 0 Å². The lowest BCUT2D eigenvalue weighted by molar-refractivity contribution is -0.126. The molecule has 4 heteroatoms. The number of allylic oxidation sites excluding steroid dienone is 7. The topological polar surface area (TPSA) is 52.9 Å². The summed E-state index contributed by atoms with van der Waals surface area (Å²) in [7, 11) is 0. The molecule has 1 heterocycles. The number of halogens is 1. The number of carbonyl (C=O) groups excluding carboxylic acids is 1. The number of carbonyl (C=O) groups is 1. The summed E-state index contributed by atoms with van der Waals surface area (Å²) in [4.78, 5) is 12.3. The van der Waals surface area contributed by atoms with Crippen molar-refractivity contribution in [1.82, 2.24) is 5.32 Å². The van der Waals surface area contributed by atoms with Crippen LogP contribution in [0.4, 0.5) is 0 Å². The van der Waals surface area contributed by atoms with Crippen LogP contribution >= 0.6 is 15.9 Å². The maximum atomic E-state index is 12.3. The van der Waals surface area contributed by atoms with Crippen LogP contribution in [0.3, 0.4) is 0 Å². The van der Waals surface area contributed by atoms with Crippen molar-refractivity contribution >= 4 is 21.8 Å². The van der Waals surface area contributed by atoms with Gasteiger partial charge < -0.3 is 5.32 Å². The SMILES string of the molecule is N#CC1=CC2=CC(Br)=CCC23C(=O)NC=CC3=C1. The number of rotatable bonds is 0. The first-order chi connectivity index (χ1) is 8.66. The van der Waals surface area contributed by atoms with Gasteiger partial charge in [0.15, 0.2) is 0 Å². The first kappa shape index (κ1) is 11.2. The lowest BCUT2D eigenvalue weighted by atomic mass is 9.64. The molecule has 1 spiro atoms. The summed E-state index contributed by atoms with van der Waals surface area (Å²) >= 11 is 3.43. The van der Waals surface area contributed by atoms with Crippen LogP contribution in [0.15, 0.2) is 57.8 Å². The molecule has 0 aromatic carbocycles. The molecule has 0 fully saturated rings. The smallest absolute Gasteiger partial charge is 0.239 e. The third kappa shape index (κ3) is 1.37. The zero-order chi connectivity index (χ0) is 12.8. The number of nitrogens with one attached hydrogen (secondary N) is 1. The second-order valence-electron chi connectivity index (χ2n) is 4.42. The molecule has 1 aliphatic heterocycles. The van der Waals surface area contributed by atoms with Gasteiger partial charge in [-0.25, -0.2) is 0 Å². The maximum Gasteiger partial charge on any atom is 0.239 e. The molecule has 18 heavy (non-hydrogen) atoms. The van der Waals surface area contributed by atoms with Gasteiger partial charge in [0.2, 0.25) is 5.91 Å². The number of hydrogen-bond acceptors (Lipinski definition) is 2. The van der Waals surface area contributed by atoms with Gasteiger partial charge in [0.05, 0.1) is 11.6 Å². The maximum absolute atomic E-state index is 12.3. The molecule has 0 aromatic heterocycles. The van der Waals surface area contributed by atoms with Gasteiger partial charge in [0.25, 0.3) is 0 Å². The van der Waals surface area contributed by atoms with Crippen LogP contribution in [0, 0.1) is 16.7 Å². The lowest BCUT2D eigenvalue weighted by Crippen LogP contribution is -2.45. The fourth-order valence-corrected chi connectivity index (χ4v) is 3.00. The van der Waals surface area contributed by atoms with Crippen molar-refractivity contribution in [2.24, 2.45) is 5.41 Å². The van der Waals surface area contributed by atoms with Crippen LogP contribution in [-0.4, -0.2) is 5.91 Å². The number of hydrogen-bond donors (Lipinski definition) is 1. The summed E-state index contributed by atoms with van der Waals surface area (Å²) in [5.41, 5.74) is 1.67. The van der Waals surface area contributed by atoms with Gasteiger partial charge in [-0.05, 0) is 41.9 Å². The van der Waals surface area contributed by atoms with E-state index in [1.807, 2.05) is 18.2 Å². The molecule has 3 rings (SSSR count). The number of amides is 1. The number of nitrogens with zero attached hydrogens (tertiary/aromatic N) is 1. The first-order valence-corrected chi connectivity index (χ1v) is 6.35. The van der Waals surface area contributed by atoms with Crippen LogP contribution < -0.4 is 5.32 Å². The molecule has 0 saturated heterocycles. The third-order valence-corrected chi connectivity index (χ3v) is 4.05. The average Bonchev–Trinajstić information content (AvgIpc) is 2.37. The average molecular weight is 301 g/mol. The zero-order valence-electron chi connectivity index (χ0n) is 9.40. The monoisotopic (exact) mass is 300 g/mol. The predicted octanol–water partition coefficient (Wildman–Crippen LogP) is 2.62. The predicted molar refractivity (Wildman–Crippen MR) is 71.2 cm³/mol. The van der Waals surface area contributed by atoms with Crippen molar-refractivity contribution in [2.45, 2.75) is 6.42 Å². The summed E-state index contributed by atoms with van der Waals surface area (Å²) in [5, 5.41) is 11.8. The van der Waals surface area contributed by atoms with Gasteiger partial charge in [0.1, 0.15) is 5.41 Å². The summed E-state index contributed by atoms with van der Waals surface area (Å²) in [6, 6.07) is 2.14. The number of nitriles is 1. The molecule has 1 unspecified atom stereocenters. The van der Waals surface area contributed by atoms with E-state index in [0.29, 0.717) is 12.0 Å². The summed E-state index contributed by atoms with van der Waals surface area (Å²) < 4.78 is 0.945. The Hall–Kier alpha value is -1.86. The Morgan fingerprint density at radius 1 is 1.33 bits per heavy atom. The fraction of sp³-hybridized carbons (Fsp3) is 0.143. The van der Waals surface area contributed by atoms with Gasteiger partial charge in [-0.1, -0.05) is 22.0 Å². The Bertz CT molecular complexity index is 643. The highest BCUT2D eigenvalue weighted by Gasteiger charge is 2.47. The van der Waals surface area contributed by atoms with Crippen molar-refractivity contribution in [3.05, 3.63) is 57.8 Å². The Morgan fingerprint density at radius 2 is 2.17 bits per heavy atom. The standard InChI is InChI=1S/C14H9BrN2O/c15-12-1-3-14-10(2-4-17-13(14)18)5-9(8-16)6-11(14)7-12/h1-2,4-7H,3H2,(H,17,18). The fourth-order valence-electron chi connectivity index (χ4n) is 2.59. The quantitative estimate of drug-likeness (QED) is 0.748. The molecule has 88 valence electrons. The molecule has 2 aliphatic carbocycles. The van der Waals surface area contributed by atoms with Crippen molar-refractivity contribution in [3.63, 3.8) is 0 Å².